The summed E-state index contributed by atoms with van der Waals surface area (Å²) in [5.41, 5.74) is 3.20. The molecule has 122 valence electrons. The predicted octanol–water partition coefficient (Wildman–Crippen LogP) is 4.61. The van der Waals surface area contributed by atoms with Gasteiger partial charge in [-0.25, -0.2) is 9.78 Å². The van der Waals surface area contributed by atoms with Crippen LogP contribution >= 0.6 is 22.7 Å². The molecule has 3 aromatic rings. The fourth-order valence-electron chi connectivity index (χ4n) is 2.47. The number of Topliss-reactive ketones (excluding diaryl/α,β-unsaturated/α-hetero) is 1. The lowest BCUT2D eigenvalue weighted by molar-refractivity contribution is 0.0697. The average molecular weight is 357 g/mol. The first kappa shape index (κ1) is 16.5. The van der Waals surface area contributed by atoms with Crippen molar-refractivity contribution in [3.05, 3.63) is 63.0 Å². The minimum absolute atomic E-state index is 0.0753. The molecular weight excluding hydrogens is 342 g/mol. The van der Waals surface area contributed by atoms with Crippen molar-refractivity contribution in [1.29, 1.82) is 0 Å². The van der Waals surface area contributed by atoms with E-state index in [0.29, 0.717) is 21.0 Å². The van der Waals surface area contributed by atoms with E-state index in [1.165, 1.54) is 22.7 Å². The second kappa shape index (κ2) is 6.67. The average Bonchev–Trinajstić information content (AvgIpc) is 3.13. The third-order valence-corrected chi connectivity index (χ3v) is 5.73. The standard InChI is InChI=1S/C18H15NO3S2/c1-10-4-3-5-12(6-10)14(20)7-13-9-23-16(15(13)18(21)22)17-19-11(2)8-24-17/h3-6,8-9H,7H2,1-2H3,(H,21,22). The normalized spacial score (nSPS) is 10.8. The molecule has 24 heavy (non-hydrogen) atoms. The Kier molecular flexibility index (Phi) is 4.59. The molecule has 0 saturated carbocycles. The molecule has 0 aliphatic heterocycles. The Bertz CT molecular complexity index is 924. The molecule has 0 radical (unpaired) electrons. The quantitative estimate of drug-likeness (QED) is 0.677. The number of carboxylic acids is 1. The molecule has 1 N–H and O–H groups in total. The van der Waals surface area contributed by atoms with Crippen molar-refractivity contribution in [2.45, 2.75) is 20.3 Å². The first-order valence-electron chi connectivity index (χ1n) is 7.31. The summed E-state index contributed by atoms with van der Waals surface area (Å²) in [6, 6.07) is 7.33. The molecule has 1 aromatic carbocycles. The van der Waals surface area contributed by atoms with Crippen molar-refractivity contribution < 1.29 is 14.7 Å². The van der Waals surface area contributed by atoms with E-state index < -0.39 is 5.97 Å². The second-order valence-corrected chi connectivity index (χ2v) is 7.27. The Morgan fingerprint density at radius 2 is 1.96 bits per heavy atom. The number of carboxylic acid groups (broad SMARTS) is 1. The van der Waals surface area contributed by atoms with E-state index in [0.717, 1.165) is 11.3 Å². The number of nitrogens with zero attached hydrogens (tertiary/aromatic N) is 1. The first-order chi connectivity index (χ1) is 11.5. The molecule has 0 amide bonds. The summed E-state index contributed by atoms with van der Waals surface area (Å²) in [6.07, 6.45) is 0.0753. The molecule has 0 unspecified atom stereocenters. The molecule has 0 atom stereocenters. The van der Waals surface area contributed by atoms with E-state index >= 15 is 0 Å². The summed E-state index contributed by atoms with van der Waals surface area (Å²) in [7, 11) is 0. The number of carbonyl (C=O) groups is 2. The molecule has 6 heteroatoms. The first-order valence-corrected chi connectivity index (χ1v) is 9.07. The molecule has 0 saturated heterocycles. The van der Waals surface area contributed by atoms with Crippen LogP contribution in [0.15, 0.2) is 35.0 Å². The topological polar surface area (TPSA) is 67.3 Å². The van der Waals surface area contributed by atoms with Crippen LogP contribution in [-0.2, 0) is 6.42 Å². The van der Waals surface area contributed by atoms with Crippen molar-refractivity contribution in [2.24, 2.45) is 0 Å². The lowest BCUT2D eigenvalue weighted by atomic mass is 10.00. The van der Waals surface area contributed by atoms with Crippen LogP contribution in [-0.4, -0.2) is 21.8 Å². The minimum Gasteiger partial charge on any atom is -0.478 e. The Morgan fingerprint density at radius 3 is 2.58 bits per heavy atom. The number of rotatable bonds is 5. The lowest BCUT2D eigenvalue weighted by Crippen LogP contribution is -2.08. The highest BCUT2D eigenvalue weighted by Crippen LogP contribution is 2.35. The summed E-state index contributed by atoms with van der Waals surface area (Å²) in [6.45, 7) is 3.79. The zero-order chi connectivity index (χ0) is 17.3. The Balaban J connectivity index is 1.95. The molecule has 0 spiro atoms. The van der Waals surface area contributed by atoms with E-state index in [2.05, 4.69) is 4.98 Å². The molecule has 0 aliphatic carbocycles. The van der Waals surface area contributed by atoms with Crippen molar-refractivity contribution >= 4 is 34.4 Å². The third-order valence-electron chi connectivity index (χ3n) is 3.59. The number of aromatic carboxylic acids is 1. The highest BCUT2D eigenvalue weighted by Gasteiger charge is 2.23. The Morgan fingerprint density at radius 1 is 1.17 bits per heavy atom. The van der Waals surface area contributed by atoms with Crippen molar-refractivity contribution in [2.75, 3.05) is 0 Å². The monoisotopic (exact) mass is 357 g/mol. The Hall–Kier alpha value is -2.31. The van der Waals surface area contributed by atoms with Crippen LogP contribution in [0.4, 0.5) is 0 Å². The number of ketones is 1. The molecule has 2 heterocycles. The fraction of sp³-hybridized carbons (Fsp3) is 0.167. The predicted molar refractivity (Wildman–Crippen MR) is 96.3 cm³/mol. The maximum Gasteiger partial charge on any atom is 0.337 e. The van der Waals surface area contributed by atoms with Crippen LogP contribution in [0.1, 0.15) is 37.5 Å². The smallest absolute Gasteiger partial charge is 0.337 e. The molecule has 4 nitrogen and oxygen atoms in total. The van der Waals surface area contributed by atoms with Gasteiger partial charge in [-0.2, -0.15) is 0 Å². The van der Waals surface area contributed by atoms with Crippen molar-refractivity contribution in [3.8, 4) is 9.88 Å². The van der Waals surface area contributed by atoms with Gasteiger partial charge >= 0.3 is 5.97 Å². The summed E-state index contributed by atoms with van der Waals surface area (Å²) < 4.78 is 0. The number of thiazole rings is 1. The maximum absolute atomic E-state index is 12.5. The summed E-state index contributed by atoms with van der Waals surface area (Å²) in [4.78, 5) is 29.2. The van der Waals surface area contributed by atoms with Gasteiger partial charge in [0.05, 0.1) is 10.4 Å². The van der Waals surface area contributed by atoms with Crippen molar-refractivity contribution in [1.82, 2.24) is 4.98 Å². The highest BCUT2D eigenvalue weighted by molar-refractivity contribution is 7.20. The van der Waals surface area contributed by atoms with E-state index in [9.17, 15) is 14.7 Å². The van der Waals surface area contributed by atoms with Gasteiger partial charge in [-0.3, -0.25) is 4.79 Å². The maximum atomic E-state index is 12.5. The zero-order valence-electron chi connectivity index (χ0n) is 13.2. The van der Waals surface area contributed by atoms with E-state index in [-0.39, 0.29) is 17.8 Å². The molecule has 3 rings (SSSR count). The largest absolute Gasteiger partial charge is 0.478 e. The van der Waals surface area contributed by atoms with Gasteiger partial charge in [0.15, 0.2) is 5.78 Å². The van der Waals surface area contributed by atoms with Crippen LogP contribution in [0.3, 0.4) is 0 Å². The zero-order valence-corrected chi connectivity index (χ0v) is 14.8. The highest BCUT2D eigenvalue weighted by atomic mass is 32.1. The number of hydrogen-bond donors (Lipinski definition) is 1. The SMILES string of the molecule is Cc1cccc(C(=O)Cc2csc(-c3nc(C)cs3)c2C(=O)O)c1. The van der Waals surface area contributed by atoms with Crippen LogP contribution in [0.2, 0.25) is 0 Å². The molecule has 0 fully saturated rings. The van der Waals surface area contributed by atoms with Crippen LogP contribution in [0, 0.1) is 13.8 Å². The van der Waals surface area contributed by atoms with Gasteiger partial charge in [0.1, 0.15) is 5.01 Å². The number of carbonyl (C=O) groups excluding carboxylic acids is 1. The minimum atomic E-state index is -1.02. The number of aromatic nitrogens is 1. The van der Waals surface area contributed by atoms with E-state index in [1.807, 2.05) is 37.4 Å². The van der Waals surface area contributed by atoms with E-state index in [1.54, 1.807) is 11.4 Å². The summed E-state index contributed by atoms with van der Waals surface area (Å²) >= 11 is 2.74. The molecular formula is C18H15NO3S2. The van der Waals surface area contributed by atoms with Crippen LogP contribution in [0.5, 0.6) is 0 Å². The van der Waals surface area contributed by atoms with Gasteiger partial charge in [0, 0.05) is 23.1 Å². The van der Waals surface area contributed by atoms with Gasteiger partial charge in [-0.1, -0.05) is 23.8 Å². The van der Waals surface area contributed by atoms with Gasteiger partial charge in [-0.15, -0.1) is 22.7 Å². The summed E-state index contributed by atoms with van der Waals surface area (Å²) in [5.74, 6) is -1.10. The molecule has 0 aliphatic rings. The van der Waals surface area contributed by atoms with E-state index in [4.69, 9.17) is 0 Å². The van der Waals surface area contributed by atoms with Crippen LogP contribution < -0.4 is 0 Å². The second-order valence-electron chi connectivity index (χ2n) is 5.53. The van der Waals surface area contributed by atoms with Gasteiger partial charge < -0.3 is 5.11 Å². The molecule has 2 aromatic heterocycles. The number of benzene rings is 1. The number of aryl methyl sites for hydroxylation is 2. The number of hydrogen-bond acceptors (Lipinski definition) is 5. The fourth-order valence-corrected chi connectivity index (χ4v) is 4.44. The van der Waals surface area contributed by atoms with Crippen molar-refractivity contribution in [3.63, 3.8) is 0 Å². The lowest BCUT2D eigenvalue weighted by Gasteiger charge is -2.03. The van der Waals surface area contributed by atoms with Gasteiger partial charge in [-0.05, 0) is 30.9 Å². The number of thiophene rings is 1. The third kappa shape index (κ3) is 3.29. The molecule has 0 bridgehead atoms. The van der Waals surface area contributed by atoms with Crippen LogP contribution in [0.25, 0.3) is 9.88 Å². The van der Waals surface area contributed by atoms with Gasteiger partial charge in [0.2, 0.25) is 0 Å². The Labute approximate surface area is 147 Å². The summed E-state index contributed by atoms with van der Waals surface area (Å²) in [5, 5.41) is 13.9. The van der Waals surface area contributed by atoms with Gasteiger partial charge in [0.25, 0.3) is 0 Å².